The molecule has 1 aliphatic rings. The first-order valence-corrected chi connectivity index (χ1v) is 7.45. The second kappa shape index (κ2) is 5.51. The summed E-state index contributed by atoms with van der Waals surface area (Å²) in [5, 5.41) is 18.6. The van der Waals surface area contributed by atoms with Crippen molar-refractivity contribution in [1.29, 1.82) is 0 Å². The van der Waals surface area contributed by atoms with E-state index in [0.717, 1.165) is 12.1 Å². The van der Waals surface area contributed by atoms with Crippen molar-refractivity contribution in [2.45, 2.75) is 64.6 Å². The Hall–Kier alpha value is -0.835. The van der Waals surface area contributed by atoms with Gasteiger partial charge in [0.1, 0.15) is 0 Å². The first-order chi connectivity index (χ1) is 9.22. The number of likely N-dealkylation sites (tertiary alicyclic amines) is 1. The van der Waals surface area contributed by atoms with Gasteiger partial charge < -0.3 is 10.0 Å². The number of hydrogen-bond acceptors (Lipinski definition) is 3. The van der Waals surface area contributed by atoms with Crippen molar-refractivity contribution in [2.24, 2.45) is 0 Å². The monoisotopic (exact) mass is 275 g/mol. The van der Waals surface area contributed by atoms with Gasteiger partial charge in [0.15, 0.2) is 0 Å². The summed E-state index contributed by atoms with van der Waals surface area (Å²) in [6.45, 7) is 10.1. The largest absolute Gasteiger partial charge is 0.488 e. The van der Waals surface area contributed by atoms with Crippen LogP contribution in [0.15, 0.2) is 24.3 Å². The molecule has 4 heteroatoms. The maximum atomic E-state index is 9.30. The lowest BCUT2D eigenvalue weighted by atomic mass is 9.78. The standard InChI is InChI=1S/C16H26BNO2/c1-15(2)9-6-10-16(3,4)18(15)12-13-7-5-8-14(11-13)17(19)20/h5,7-8,11,19-20H,6,9-10,12H2,1-4H3. The third-order valence-corrected chi connectivity index (χ3v) is 4.63. The third kappa shape index (κ3) is 3.25. The summed E-state index contributed by atoms with van der Waals surface area (Å²) in [5.74, 6) is 0. The maximum absolute atomic E-state index is 9.30. The van der Waals surface area contributed by atoms with Crippen LogP contribution < -0.4 is 5.46 Å². The molecule has 1 fully saturated rings. The van der Waals surface area contributed by atoms with E-state index in [0.29, 0.717) is 5.46 Å². The van der Waals surface area contributed by atoms with Gasteiger partial charge in [-0.1, -0.05) is 24.3 Å². The first-order valence-electron chi connectivity index (χ1n) is 7.45. The van der Waals surface area contributed by atoms with Gasteiger partial charge in [0.25, 0.3) is 0 Å². The van der Waals surface area contributed by atoms with E-state index in [1.165, 1.54) is 19.3 Å². The Balaban J connectivity index is 2.24. The number of piperidine rings is 1. The molecule has 110 valence electrons. The van der Waals surface area contributed by atoms with E-state index in [1.807, 2.05) is 12.1 Å². The van der Waals surface area contributed by atoms with Gasteiger partial charge in [0, 0.05) is 17.6 Å². The van der Waals surface area contributed by atoms with Crippen LogP contribution in [-0.2, 0) is 6.54 Å². The van der Waals surface area contributed by atoms with Crippen molar-refractivity contribution in [3.8, 4) is 0 Å². The predicted octanol–water partition coefficient (Wildman–Crippen LogP) is 1.91. The van der Waals surface area contributed by atoms with E-state index in [1.54, 1.807) is 6.07 Å². The smallest absolute Gasteiger partial charge is 0.423 e. The van der Waals surface area contributed by atoms with Crippen LogP contribution in [0.2, 0.25) is 0 Å². The summed E-state index contributed by atoms with van der Waals surface area (Å²) in [7, 11) is -1.39. The molecule has 0 aliphatic carbocycles. The van der Waals surface area contributed by atoms with Crippen molar-refractivity contribution < 1.29 is 10.0 Å². The molecule has 0 unspecified atom stereocenters. The third-order valence-electron chi connectivity index (χ3n) is 4.63. The Morgan fingerprint density at radius 3 is 2.25 bits per heavy atom. The first kappa shape index (κ1) is 15.6. The fourth-order valence-corrected chi connectivity index (χ4v) is 3.51. The minimum Gasteiger partial charge on any atom is -0.423 e. The second-order valence-electron chi connectivity index (χ2n) is 7.18. The lowest BCUT2D eigenvalue weighted by Gasteiger charge is -2.53. The van der Waals surface area contributed by atoms with Gasteiger partial charge in [-0.15, -0.1) is 0 Å². The predicted molar refractivity (Wildman–Crippen MR) is 83.8 cm³/mol. The molecule has 0 bridgehead atoms. The highest BCUT2D eigenvalue weighted by Crippen LogP contribution is 2.39. The minimum absolute atomic E-state index is 0.176. The summed E-state index contributed by atoms with van der Waals surface area (Å²) in [6, 6.07) is 7.60. The van der Waals surface area contributed by atoms with Crippen LogP contribution in [0.1, 0.15) is 52.5 Å². The van der Waals surface area contributed by atoms with Crippen molar-refractivity contribution in [3.63, 3.8) is 0 Å². The quantitative estimate of drug-likeness (QED) is 0.828. The highest BCUT2D eigenvalue weighted by molar-refractivity contribution is 6.58. The molecule has 2 rings (SSSR count). The second-order valence-corrected chi connectivity index (χ2v) is 7.18. The molecule has 1 aromatic carbocycles. The zero-order chi connectivity index (χ0) is 15.0. The molecule has 0 spiro atoms. The van der Waals surface area contributed by atoms with Crippen molar-refractivity contribution in [3.05, 3.63) is 29.8 Å². The summed E-state index contributed by atoms with van der Waals surface area (Å²) in [5.41, 5.74) is 2.05. The highest BCUT2D eigenvalue weighted by Gasteiger charge is 2.40. The average Bonchev–Trinajstić information content (AvgIpc) is 2.34. The van der Waals surface area contributed by atoms with Crippen LogP contribution in [0.5, 0.6) is 0 Å². The Morgan fingerprint density at radius 2 is 1.70 bits per heavy atom. The molecule has 20 heavy (non-hydrogen) atoms. The summed E-state index contributed by atoms with van der Waals surface area (Å²) in [4.78, 5) is 2.55. The highest BCUT2D eigenvalue weighted by atomic mass is 16.4. The zero-order valence-electron chi connectivity index (χ0n) is 13.1. The van der Waals surface area contributed by atoms with Crippen molar-refractivity contribution >= 4 is 12.6 Å². The number of rotatable bonds is 3. The number of nitrogens with zero attached hydrogens (tertiary/aromatic N) is 1. The zero-order valence-corrected chi connectivity index (χ0v) is 13.1. The lowest BCUT2D eigenvalue weighted by molar-refractivity contribution is -0.0340. The Labute approximate surface area is 122 Å². The van der Waals surface area contributed by atoms with Gasteiger partial charge in [-0.3, -0.25) is 4.90 Å². The maximum Gasteiger partial charge on any atom is 0.488 e. The summed E-state index contributed by atoms with van der Waals surface area (Å²) in [6.07, 6.45) is 3.68. The molecule has 0 aromatic heterocycles. The fourth-order valence-electron chi connectivity index (χ4n) is 3.51. The van der Waals surface area contributed by atoms with Gasteiger partial charge in [0.05, 0.1) is 0 Å². The normalized spacial score (nSPS) is 21.7. The number of benzene rings is 1. The SMILES string of the molecule is CC1(C)CCCC(C)(C)N1Cc1cccc(B(O)O)c1. The van der Waals surface area contributed by atoms with Crippen molar-refractivity contribution in [1.82, 2.24) is 4.90 Å². The lowest BCUT2D eigenvalue weighted by Crippen LogP contribution is -2.57. The average molecular weight is 275 g/mol. The molecule has 1 saturated heterocycles. The van der Waals surface area contributed by atoms with E-state index in [9.17, 15) is 10.0 Å². The summed E-state index contributed by atoms with van der Waals surface area (Å²) >= 11 is 0. The van der Waals surface area contributed by atoms with Crippen LogP contribution >= 0.6 is 0 Å². The molecule has 0 radical (unpaired) electrons. The van der Waals surface area contributed by atoms with Crippen molar-refractivity contribution in [2.75, 3.05) is 0 Å². The van der Waals surface area contributed by atoms with Crippen LogP contribution in [0.4, 0.5) is 0 Å². The Kier molecular flexibility index (Phi) is 4.28. The number of hydrogen-bond donors (Lipinski definition) is 2. The van der Waals surface area contributed by atoms with E-state index >= 15 is 0 Å². The molecule has 1 heterocycles. The fraction of sp³-hybridized carbons (Fsp3) is 0.625. The van der Waals surface area contributed by atoms with Gasteiger partial charge in [-0.05, 0) is 58.0 Å². The van der Waals surface area contributed by atoms with E-state index in [-0.39, 0.29) is 11.1 Å². The topological polar surface area (TPSA) is 43.7 Å². The van der Waals surface area contributed by atoms with Gasteiger partial charge in [0.2, 0.25) is 0 Å². The van der Waals surface area contributed by atoms with Crippen LogP contribution in [0.25, 0.3) is 0 Å². The molecule has 3 nitrogen and oxygen atoms in total. The molecular weight excluding hydrogens is 249 g/mol. The minimum atomic E-state index is -1.39. The molecule has 0 amide bonds. The Morgan fingerprint density at radius 1 is 1.10 bits per heavy atom. The van der Waals surface area contributed by atoms with E-state index in [4.69, 9.17) is 0 Å². The molecule has 0 atom stereocenters. The van der Waals surface area contributed by atoms with Gasteiger partial charge in [-0.25, -0.2) is 0 Å². The van der Waals surface area contributed by atoms with E-state index in [2.05, 4.69) is 38.7 Å². The van der Waals surface area contributed by atoms with Gasteiger partial charge >= 0.3 is 7.12 Å². The van der Waals surface area contributed by atoms with Crippen LogP contribution in [-0.4, -0.2) is 33.1 Å². The summed E-state index contributed by atoms with van der Waals surface area (Å²) < 4.78 is 0. The molecule has 2 N–H and O–H groups in total. The van der Waals surface area contributed by atoms with Crippen LogP contribution in [0, 0.1) is 0 Å². The van der Waals surface area contributed by atoms with Gasteiger partial charge in [-0.2, -0.15) is 0 Å². The molecule has 0 saturated carbocycles. The molecular formula is C16H26BNO2. The van der Waals surface area contributed by atoms with Crippen LogP contribution in [0.3, 0.4) is 0 Å². The van der Waals surface area contributed by atoms with E-state index < -0.39 is 7.12 Å². The Bertz CT molecular complexity index is 455. The molecule has 1 aromatic rings. The molecule has 1 aliphatic heterocycles.